The number of carbonyl (C=O) groups is 1. The van der Waals surface area contributed by atoms with Crippen LogP contribution in [0.2, 0.25) is 0 Å². The summed E-state index contributed by atoms with van der Waals surface area (Å²) < 4.78 is 5.54. The second-order valence-electron chi connectivity index (χ2n) is 6.32. The molecular weight excluding hydrogens is 254 g/mol. The molecule has 2 heterocycles. The van der Waals surface area contributed by atoms with Crippen molar-refractivity contribution < 1.29 is 9.53 Å². The van der Waals surface area contributed by atoms with E-state index in [1.54, 1.807) is 12.4 Å². The van der Waals surface area contributed by atoms with Crippen molar-refractivity contribution in [1.82, 2.24) is 15.2 Å². The van der Waals surface area contributed by atoms with Gasteiger partial charge in [0.2, 0.25) is 0 Å². The van der Waals surface area contributed by atoms with Gasteiger partial charge >= 0.3 is 6.09 Å². The average Bonchev–Trinajstić information content (AvgIpc) is 2.38. The van der Waals surface area contributed by atoms with Crippen LogP contribution in [0.25, 0.3) is 0 Å². The molecule has 1 fully saturated rings. The summed E-state index contributed by atoms with van der Waals surface area (Å²) in [4.78, 5) is 18.3. The topological polar surface area (TPSA) is 54.5 Å². The maximum atomic E-state index is 12.5. The second kappa shape index (κ2) is 5.40. The molecule has 1 saturated heterocycles. The molecule has 1 atom stereocenters. The molecule has 5 heteroatoms. The minimum absolute atomic E-state index is 0.265. The van der Waals surface area contributed by atoms with Gasteiger partial charge in [0.15, 0.2) is 0 Å². The standard InChI is InChI=1S/C15H23N3O2/c1-14(2,3)20-13(19)18-10-9-17-11-15(18,4)12-5-7-16-8-6-12/h5-8,17H,9-11H2,1-4H3. The number of pyridine rings is 1. The highest BCUT2D eigenvalue weighted by molar-refractivity contribution is 5.70. The highest BCUT2D eigenvalue weighted by Gasteiger charge is 2.40. The number of amides is 1. The number of ether oxygens (including phenoxy) is 1. The van der Waals surface area contributed by atoms with Crippen LogP contribution in [0.4, 0.5) is 4.79 Å². The first-order valence-corrected chi connectivity index (χ1v) is 6.95. The molecule has 2 rings (SSSR count). The zero-order chi connectivity index (χ0) is 14.8. The molecular formula is C15H23N3O2. The zero-order valence-corrected chi connectivity index (χ0v) is 12.6. The van der Waals surface area contributed by atoms with Gasteiger partial charge in [0.25, 0.3) is 0 Å². The van der Waals surface area contributed by atoms with Gasteiger partial charge in [-0.15, -0.1) is 0 Å². The van der Waals surface area contributed by atoms with Crippen LogP contribution >= 0.6 is 0 Å². The zero-order valence-electron chi connectivity index (χ0n) is 12.6. The van der Waals surface area contributed by atoms with Crippen molar-refractivity contribution in [2.75, 3.05) is 19.6 Å². The van der Waals surface area contributed by atoms with E-state index in [1.165, 1.54) is 0 Å². The van der Waals surface area contributed by atoms with E-state index < -0.39 is 11.1 Å². The molecule has 1 aromatic heterocycles. The molecule has 20 heavy (non-hydrogen) atoms. The number of hydrogen-bond donors (Lipinski definition) is 1. The van der Waals surface area contributed by atoms with Gasteiger partial charge in [-0.05, 0) is 45.4 Å². The molecule has 1 aromatic rings. The summed E-state index contributed by atoms with van der Waals surface area (Å²) in [5.41, 5.74) is 0.163. The Kier molecular flexibility index (Phi) is 3.99. The Morgan fingerprint density at radius 1 is 1.40 bits per heavy atom. The number of aromatic nitrogens is 1. The van der Waals surface area contributed by atoms with E-state index >= 15 is 0 Å². The third-order valence-corrected chi connectivity index (χ3v) is 3.49. The van der Waals surface area contributed by atoms with E-state index in [9.17, 15) is 4.79 Å². The van der Waals surface area contributed by atoms with Gasteiger partial charge in [0.1, 0.15) is 5.60 Å². The lowest BCUT2D eigenvalue weighted by molar-refractivity contribution is -0.00821. The Morgan fingerprint density at radius 3 is 2.65 bits per heavy atom. The Bertz CT molecular complexity index is 470. The molecule has 0 saturated carbocycles. The third-order valence-electron chi connectivity index (χ3n) is 3.49. The van der Waals surface area contributed by atoms with Gasteiger partial charge < -0.3 is 10.1 Å². The van der Waals surface area contributed by atoms with Crippen LogP contribution < -0.4 is 5.32 Å². The largest absolute Gasteiger partial charge is 0.444 e. The van der Waals surface area contributed by atoms with E-state index in [4.69, 9.17) is 4.74 Å². The Morgan fingerprint density at radius 2 is 2.05 bits per heavy atom. The van der Waals surface area contributed by atoms with E-state index in [0.29, 0.717) is 13.1 Å². The van der Waals surface area contributed by atoms with Crippen molar-refractivity contribution in [3.05, 3.63) is 30.1 Å². The monoisotopic (exact) mass is 277 g/mol. The van der Waals surface area contributed by atoms with E-state index in [-0.39, 0.29) is 6.09 Å². The fourth-order valence-electron chi connectivity index (χ4n) is 2.44. The molecule has 0 aromatic carbocycles. The van der Waals surface area contributed by atoms with Crippen LogP contribution in [0.15, 0.2) is 24.5 Å². The first-order valence-electron chi connectivity index (χ1n) is 6.95. The van der Waals surface area contributed by atoms with Crippen molar-refractivity contribution in [1.29, 1.82) is 0 Å². The molecule has 0 radical (unpaired) electrons. The smallest absolute Gasteiger partial charge is 0.411 e. The Hall–Kier alpha value is -1.62. The normalized spacial score (nSPS) is 23.5. The predicted molar refractivity (Wildman–Crippen MR) is 77.4 cm³/mol. The summed E-state index contributed by atoms with van der Waals surface area (Å²) in [7, 11) is 0. The van der Waals surface area contributed by atoms with E-state index in [0.717, 1.165) is 12.1 Å². The first-order chi connectivity index (χ1) is 9.33. The number of piperazine rings is 1. The number of hydrogen-bond acceptors (Lipinski definition) is 4. The van der Waals surface area contributed by atoms with Crippen molar-refractivity contribution in [2.45, 2.75) is 38.8 Å². The van der Waals surface area contributed by atoms with E-state index in [2.05, 4.69) is 17.2 Å². The predicted octanol–water partition coefficient (Wildman–Crippen LogP) is 2.14. The maximum absolute atomic E-state index is 12.5. The second-order valence-corrected chi connectivity index (χ2v) is 6.32. The molecule has 5 nitrogen and oxygen atoms in total. The summed E-state index contributed by atoms with van der Waals surface area (Å²) in [6.07, 6.45) is 3.24. The molecule has 1 amide bonds. The number of rotatable bonds is 1. The number of nitrogens with zero attached hydrogens (tertiary/aromatic N) is 2. The number of carbonyl (C=O) groups excluding carboxylic acids is 1. The van der Waals surface area contributed by atoms with Gasteiger partial charge in [-0.2, -0.15) is 0 Å². The SMILES string of the molecule is CC(C)(C)OC(=O)N1CCNCC1(C)c1ccncc1. The van der Waals surface area contributed by atoms with Crippen molar-refractivity contribution in [2.24, 2.45) is 0 Å². The van der Waals surface area contributed by atoms with Gasteiger partial charge in [-0.1, -0.05) is 0 Å². The molecule has 1 unspecified atom stereocenters. The lowest BCUT2D eigenvalue weighted by Crippen LogP contribution is -2.60. The lowest BCUT2D eigenvalue weighted by Gasteiger charge is -2.45. The van der Waals surface area contributed by atoms with Gasteiger partial charge in [-0.3, -0.25) is 9.88 Å². The molecule has 1 N–H and O–H groups in total. The highest BCUT2D eigenvalue weighted by Crippen LogP contribution is 2.30. The molecule has 1 aliphatic rings. The maximum Gasteiger partial charge on any atom is 0.411 e. The molecule has 0 bridgehead atoms. The van der Waals surface area contributed by atoms with Crippen LogP contribution in [-0.2, 0) is 10.3 Å². The summed E-state index contributed by atoms with van der Waals surface area (Å²) in [6.45, 7) is 9.83. The van der Waals surface area contributed by atoms with Crippen LogP contribution in [0, 0.1) is 0 Å². The fourth-order valence-corrected chi connectivity index (χ4v) is 2.44. The van der Waals surface area contributed by atoms with Crippen LogP contribution in [0.1, 0.15) is 33.3 Å². The van der Waals surface area contributed by atoms with Crippen LogP contribution in [-0.4, -0.2) is 41.2 Å². The molecule has 0 spiro atoms. The van der Waals surface area contributed by atoms with Gasteiger partial charge in [0.05, 0.1) is 5.54 Å². The number of nitrogens with one attached hydrogen (secondary N) is 1. The third kappa shape index (κ3) is 3.10. The quantitative estimate of drug-likeness (QED) is 0.854. The average molecular weight is 277 g/mol. The fraction of sp³-hybridized carbons (Fsp3) is 0.600. The molecule has 0 aliphatic carbocycles. The van der Waals surface area contributed by atoms with E-state index in [1.807, 2.05) is 37.8 Å². The molecule has 1 aliphatic heterocycles. The summed E-state index contributed by atoms with van der Waals surface area (Å²) >= 11 is 0. The minimum Gasteiger partial charge on any atom is -0.444 e. The minimum atomic E-state index is -0.485. The van der Waals surface area contributed by atoms with Crippen molar-refractivity contribution in [3.8, 4) is 0 Å². The van der Waals surface area contributed by atoms with Crippen molar-refractivity contribution in [3.63, 3.8) is 0 Å². The van der Waals surface area contributed by atoms with Crippen LogP contribution in [0.3, 0.4) is 0 Å². The summed E-state index contributed by atoms with van der Waals surface area (Å²) in [5, 5.41) is 3.35. The lowest BCUT2D eigenvalue weighted by atomic mass is 9.89. The first kappa shape index (κ1) is 14.8. The van der Waals surface area contributed by atoms with Gasteiger partial charge in [0, 0.05) is 32.0 Å². The highest BCUT2D eigenvalue weighted by atomic mass is 16.6. The Labute approximate surface area is 120 Å². The summed E-state index contributed by atoms with van der Waals surface area (Å²) in [5.74, 6) is 0. The Balaban J connectivity index is 2.27. The molecule has 110 valence electrons. The van der Waals surface area contributed by atoms with Gasteiger partial charge in [-0.25, -0.2) is 4.79 Å². The van der Waals surface area contributed by atoms with Crippen molar-refractivity contribution >= 4 is 6.09 Å². The van der Waals surface area contributed by atoms with Crippen LogP contribution in [0.5, 0.6) is 0 Å². The summed E-state index contributed by atoms with van der Waals surface area (Å²) in [6, 6.07) is 3.90.